The number of aliphatic hydroxyl groups is 1. The summed E-state index contributed by atoms with van der Waals surface area (Å²) in [5.74, 6) is 0. The molecule has 0 aliphatic heterocycles. The van der Waals surface area contributed by atoms with E-state index < -0.39 is 11.5 Å². The summed E-state index contributed by atoms with van der Waals surface area (Å²) in [5.41, 5.74) is 1.45. The van der Waals surface area contributed by atoms with Gasteiger partial charge in [-0.15, -0.1) is 0 Å². The van der Waals surface area contributed by atoms with Gasteiger partial charge in [0.15, 0.2) is 0 Å². The molecule has 0 radical (unpaired) electrons. The summed E-state index contributed by atoms with van der Waals surface area (Å²) in [6, 6.07) is 7.88. The van der Waals surface area contributed by atoms with Crippen molar-refractivity contribution < 1.29 is 14.6 Å². The molecule has 0 bridgehead atoms. The van der Waals surface area contributed by atoms with Crippen molar-refractivity contribution in [3.8, 4) is 0 Å². The van der Waals surface area contributed by atoms with E-state index in [1.165, 1.54) is 0 Å². The minimum Gasteiger partial charge on any atom is -0.418 e. The van der Waals surface area contributed by atoms with Gasteiger partial charge in [0.05, 0.1) is 12.4 Å². The average molecular weight is 424 g/mol. The number of hydrogen-bond donors (Lipinski definition) is 1. The second-order valence-electron chi connectivity index (χ2n) is 7.85. The molecule has 1 fully saturated rings. The Bertz CT molecular complexity index is 646. The number of aliphatic hydroxyl groups excluding tert-OH is 1. The van der Waals surface area contributed by atoms with Gasteiger partial charge >= 0.3 is 6.09 Å². The molecule has 0 unspecified atom stereocenters. The number of amides is 1. The van der Waals surface area contributed by atoms with Crippen molar-refractivity contribution in [2.75, 3.05) is 0 Å². The van der Waals surface area contributed by atoms with Gasteiger partial charge in [0.2, 0.25) is 0 Å². The van der Waals surface area contributed by atoms with E-state index in [4.69, 9.17) is 4.74 Å². The molecule has 0 saturated heterocycles. The van der Waals surface area contributed by atoms with E-state index in [1.807, 2.05) is 52.0 Å². The highest BCUT2D eigenvalue weighted by atomic mass is 79.9. The molecule has 1 aromatic carbocycles. The Balaban J connectivity index is 2.18. The molecule has 1 aliphatic rings. The summed E-state index contributed by atoms with van der Waals surface area (Å²) in [5, 5.41) is 11.0. The van der Waals surface area contributed by atoms with Crippen LogP contribution in [0.4, 0.5) is 4.79 Å². The molecule has 144 valence electrons. The molecule has 1 aromatic rings. The number of nitrogens with zero attached hydrogens (tertiary/aromatic N) is 1. The Morgan fingerprint density at radius 2 is 1.81 bits per heavy atom. The second-order valence-corrected chi connectivity index (χ2v) is 8.76. The molecule has 4 nitrogen and oxygen atoms in total. The third-order valence-electron chi connectivity index (χ3n) is 5.29. The maximum atomic E-state index is 12.5. The first-order chi connectivity index (χ1) is 12.2. The van der Waals surface area contributed by atoms with E-state index >= 15 is 0 Å². The summed E-state index contributed by atoms with van der Waals surface area (Å²) >= 11 is 3.43. The van der Waals surface area contributed by atoms with Crippen molar-refractivity contribution in [2.45, 2.75) is 72.1 Å². The van der Waals surface area contributed by atoms with E-state index in [1.54, 1.807) is 11.2 Å². The van der Waals surface area contributed by atoms with Crippen molar-refractivity contribution in [3.63, 3.8) is 0 Å². The molecule has 5 heteroatoms. The second kappa shape index (κ2) is 8.57. The van der Waals surface area contributed by atoms with Crippen LogP contribution in [0.3, 0.4) is 0 Å². The lowest BCUT2D eigenvalue weighted by Gasteiger charge is -2.33. The summed E-state index contributed by atoms with van der Waals surface area (Å²) in [7, 11) is 0. The van der Waals surface area contributed by atoms with E-state index in [0.29, 0.717) is 0 Å². The largest absolute Gasteiger partial charge is 0.418 e. The highest BCUT2D eigenvalue weighted by molar-refractivity contribution is 9.10. The van der Waals surface area contributed by atoms with Gasteiger partial charge in [-0.3, -0.25) is 0 Å². The van der Waals surface area contributed by atoms with Gasteiger partial charge in [0.25, 0.3) is 0 Å². The van der Waals surface area contributed by atoms with Gasteiger partial charge in [-0.2, -0.15) is 0 Å². The molecule has 1 amide bonds. The van der Waals surface area contributed by atoms with Crippen LogP contribution in [-0.4, -0.2) is 28.2 Å². The van der Waals surface area contributed by atoms with Crippen LogP contribution < -0.4 is 0 Å². The van der Waals surface area contributed by atoms with E-state index in [-0.39, 0.29) is 18.2 Å². The van der Waals surface area contributed by atoms with Crippen LogP contribution in [0.1, 0.15) is 65.5 Å². The zero-order valence-corrected chi connectivity index (χ0v) is 17.9. The molecular weight excluding hydrogens is 394 g/mol. The summed E-state index contributed by atoms with van der Waals surface area (Å²) in [6.07, 6.45) is 3.29. The quantitative estimate of drug-likeness (QED) is 0.607. The lowest BCUT2D eigenvalue weighted by Crippen LogP contribution is -2.41. The van der Waals surface area contributed by atoms with Crippen LogP contribution in [0.5, 0.6) is 0 Å². The van der Waals surface area contributed by atoms with Gasteiger partial charge < -0.3 is 14.7 Å². The topological polar surface area (TPSA) is 49.8 Å². The number of carbonyl (C=O) groups excluding carboxylic acids is 1. The van der Waals surface area contributed by atoms with Crippen LogP contribution in [0.25, 0.3) is 0 Å². The third-order valence-corrected chi connectivity index (χ3v) is 5.82. The first-order valence-electron chi connectivity index (χ1n) is 9.29. The predicted octanol–water partition coefficient (Wildman–Crippen LogP) is 5.81. The summed E-state index contributed by atoms with van der Waals surface area (Å²) in [6.45, 7) is 9.96. The van der Waals surface area contributed by atoms with E-state index in [2.05, 4.69) is 22.9 Å². The summed E-state index contributed by atoms with van der Waals surface area (Å²) in [4.78, 5) is 14.2. The van der Waals surface area contributed by atoms with Crippen LogP contribution in [0, 0.1) is 5.41 Å². The first kappa shape index (κ1) is 21.0. The number of benzene rings is 1. The van der Waals surface area contributed by atoms with Crippen LogP contribution in [0.15, 0.2) is 40.6 Å². The molecular formula is C21H30BrNO3. The zero-order valence-electron chi connectivity index (χ0n) is 16.3. The lowest BCUT2D eigenvalue weighted by atomic mass is 9.76. The number of hydrogen-bond acceptors (Lipinski definition) is 3. The molecule has 0 spiro atoms. The van der Waals surface area contributed by atoms with Crippen molar-refractivity contribution in [2.24, 2.45) is 5.41 Å². The Morgan fingerprint density at radius 1 is 1.23 bits per heavy atom. The highest BCUT2D eigenvalue weighted by Gasteiger charge is 2.41. The van der Waals surface area contributed by atoms with Gasteiger partial charge in [0, 0.05) is 22.0 Å². The van der Waals surface area contributed by atoms with Gasteiger partial charge in [0.1, 0.15) is 0 Å². The van der Waals surface area contributed by atoms with Gasteiger partial charge in [-0.25, -0.2) is 4.79 Å². The van der Waals surface area contributed by atoms with Crippen LogP contribution in [0.2, 0.25) is 0 Å². The number of carbonyl (C=O) groups is 1. The molecule has 2 atom stereocenters. The minimum absolute atomic E-state index is 0.0733. The zero-order chi connectivity index (χ0) is 19.5. The highest BCUT2D eigenvalue weighted by Crippen LogP contribution is 2.51. The maximum Gasteiger partial charge on any atom is 0.415 e. The average Bonchev–Trinajstić information content (AvgIpc) is 2.94. The normalized spacial score (nSPS) is 22.9. The van der Waals surface area contributed by atoms with Crippen molar-refractivity contribution in [1.82, 2.24) is 4.90 Å². The molecule has 1 N–H and O–H groups in total. The fraction of sp³-hybridized carbons (Fsp3) is 0.571. The SMILES string of the molecule is CC(C)N(C(=O)O/C=C1/CCC[C@]1(C)[C@H](O)c1ccc(Br)cc1)C(C)C. The molecule has 26 heavy (non-hydrogen) atoms. The van der Waals surface area contributed by atoms with Gasteiger partial charge in [-0.1, -0.05) is 35.0 Å². The standard InChI is InChI=1S/C21H30BrNO3/c1-14(2)23(15(3)4)20(25)26-13-17-7-6-12-21(17,5)19(24)16-8-10-18(22)11-9-16/h8-11,13-15,19,24H,6-7,12H2,1-5H3/b17-13-/t19-,21+/m1/s1. The number of halogens is 1. The van der Waals surface area contributed by atoms with Crippen LogP contribution >= 0.6 is 15.9 Å². The molecule has 2 rings (SSSR count). The monoisotopic (exact) mass is 423 g/mol. The maximum absolute atomic E-state index is 12.5. The first-order valence-corrected chi connectivity index (χ1v) is 10.1. The third kappa shape index (κ3) is 4.49. The smallest absolute Gasteiger partial charge is 0.415 e. The Labute approximate surface area is 165 Å². The Morgan fingerprint density at radius 3 is 2.35 bits per heavy atom. The molecule has 0 aromatic heterocycles. The van der Waals surface area contributed by atoms with Crippen LogP contribution in [-0.2, 0) is 4.74 Å². The molecule has 1 aliphatic carbocycles. The molecule has 1 saturated carbocycles. The molecule has 0 heterocycles. The minimum atomic E-state index is -0.630. The predicted molar refractivity (Wildman–Crippen MR) is 108 cm³/mol. The number of rotatable bonds is 5. The Kier molecular flexibility index (Phi) is 6.92. The number of ether oxygens (including phenoxy) is 1. The van der Waals surface area contributed by atoms with E-state index in [0.717, 1.165) is 34.9 Å². The van der Waals surface area contributed by atoms with Crippen molar-refractivity contribution >= 4 is 22.0 Å². The Hall–Kier alpha value is -1.33. The lowest BCUT2D eigenvalue weighted by molar-refractivity contribution is 0.0623. The van der Waals surface area contributed by atoms with E-state index in [9.17, 15) is 9.90 Å². The van der Waals surface area contributed by atoms with Crippen molar-refractivity contribution in [1.29, 1.82) is 0 Å². The summed E-state index contributed by atoms with van der Waals surface area (Å²) < 4.78 is 6.50. The van der Waals surface area contributed by atoms with Crippen molar-refractivity contribution in [3.05, 3.63) is 46.1 Å². The fourth-order valence-electron chi connectivity index (χ4n) is 3.81. The fourth-order valence-corrected chi connectivity index (χ4v) is 4.08. The van der Waals surface area contributed by atoms with Gasteiger partial charge in [-0.05, 0) is 70.2 Å².